The van der Waals surface area contributed by atoms with Crippen LogP contribution in [0.3, 0.4) is 0 Å². The van der Waals surface area contributed by atoms with Crippen molar-refractivity contribution < 1.29 is 9.59 Å². The predicted molar refractivity (Wildman–Crippen MR) is 123 cm³/mol. The minimum Gasteiger partial charge on any atom is -0.352 e. The van der Waals surface area contributed by atoms with Crippen molar-refractivity contribution in [3.05, 3.63) is 77.1 Å². The standard InChI is InChI=1S/C25H29N5O2/c1-2-26-24(31)20-12-15-23(30-17-22(28-29-30)25(32)27-21-13-14-21)19(16-20)11-7-6-10-18-8-4-3-5-9-18/h3-5,8-9,12,15-17,21H,2,6-7,10-11,13-14H2,1H3,(H,26,31)(H,27,32). The second-order valence-corrected chi connectivity index (χ2v) is 8.19. The predicted octanol–water partition coefficient (Wildman–Crippen LogP) is 3.47. The largest absolute Gasteiger partial charge is 0.352 e. The number of unbranched alkanes of at least 4 members (excludes halogenated alkanes) is 1. The van der Waals surface area contributed by atoms with E-state index in [-0.39, 0.29) is 17.9 Å². The van der Waals surface area contributed by atoms with Gasteiger partial charge in [-0.15, -0.1) is 5.10 Å². The molecule has 0 radical (unpaired) electrons. The summed E-state index contributed by atoms with van der Waals surface area (Å²) in [4.78, 5) is 24.7. The highest BCUT2D eigenvalue weighted by Crippen LogP contribution is 2.21. The van der Waals surface area contributed by atoms with E-state index in [4.69, 9.17) is 0 Å². The number of hydrogen-bond donors (Lipinski definition) is 2. The van der Waals surface area contributed by atoms with Crippen molar-refractivity contribution in [1.82, 2.24) is 25.6 Å². The molecule has 32 heavy (non-hydrogen) atoms. The van der Waals surface area contributed by atoms with Gasteiger partial charge in [0.15, 0.2) is 5.69 Å². The maximum Gasteiger partial charge on any atom is 0.273 e. The molecule has 1 aromatic heterocycles. The molecule has 4 rings (SSSR count). The Hall–Kier alpha value is -3.48. The van der Waals surface area contributed by atoms with Gasteiger partial charge in [0.1, 0.15) is 0 Å². The summed E-state index contributed by atoms with van der Waals surface area (Å²) in [6.45, 7) is 2.48. The Kier molecular flexibility index (Phi) is 6.94. The third-order valence-corrected chi connectivity index (χ3v) is 5.57. The number of carbonyl (C=O) groups excluding carboxylic acids is 2. The molecule has 1 heterocycles. The zero-order valence-corrected chi connectivity index (χ0v) is 18.4. The topological polar surface area (TPSA) is 88.9 Å². The van der Waals surface area contributed by atoms with Crippen molar-refractivity contribution >= 4 is 11.8 Å². The first kappa shape index (κ1) is 21.7. The molecule has 7 nitrogen and oxygen atoms in total. The Bertz CT molecular complexity index is 1070. The number of benzene rings is 2. The zero-order valence-electron chi connectivity index (χ0n) is 18.4. The normalized spacial score (nSPS) is 13.0. The maximum atomic E-state index is 12.4. The number of amides is 2. The molecule has 0 unspecified atom stereocenters. The number of rotatable bonds is 10. The fraction of sp³-hybridized carbons (Fsp3) is 0.360. The summed E-state index contributed by atoms with van der Waals surface area (Å²) >= 11 is 0. The van der Waals surface area contributed by atoms with E-state index in [2.05, 4.69) is 45.2 Å². The maximum absolute atomic E-state index is 12.4. The van der Waals surface area contributed by atoms with Gasteiger partial charge < -0.3 is 10.6 Å². The summed E-state index contributed by atoms with van der Waals surface area (Å²) in [5.74, 6) is -0.283. The van der Waals surface area contributed by atoms with Crippen molar-refractivity contribution in [1.29, 1.82) is 0 Å². The summed E-state index contributed by atoms with van der Waals surface area (Å²) in [5.41, 5.74) is 4.11. The molecule has 1 aliphatic rings. The Morgan fingerprint density at radius 2 is 1.81 bits per heavy atom. The van der Waals surface area contributed by atoms with E-state index >= 15 is 0 Å². The third-order valence-electron chi connectivity index (χ3n) is 5.57. The summed E-state index contributed by atoms with van der Waals surface area (Å²) in [6.07, 6.45) is 7.54. The van der Waals surface area contributed by atoms with Crippen LogP contribution in [0, 0.1) is 0 Å². The molecule has 0 atom stereocenters. The van der Waals surface area contributed by atoms with Gasteiger partial charge in [0.25, 0.3) is 11.8 Å². The molecule has 166 valence electrons. The minimum atomic E-state index is -0.192. The van der Waals surface area contributed by atoms with Gasteiger partial charge in [0.05, 0.1) is 11.9 Å². The molecule has 2 amide bonds. The molecule has 2 N–H and O–H groups in total. The molecule has 0 spiro atoms. The molecule has 0 bridgehead atoms. The van der Waals surface area contributed by atoms with Crippen LogP contribution in [0.2, 0.25) is 0 Å². The quantitative estimate of drug-likeness (QED) is 0.481. The molecule has 1 saturated carbocycles. The van der Waals surface area contributed by atoms with Crippen LogP contribution in [0.4, 0.5) is 0 Å². The summed E-state index contributed by atoms with van der Waals surface area (Å²) in [5, 5.41) is 14.0. The first-order valence-electron chi connectivity index (χ1n) is 11.3. The van der Waals surface area contributed by atoms with Crippen LogP contribution in [0.5, 0.6) is 0 Å². The van der Waals surface area contributed by atoms with Crippen LogP contribution in [-0.2, 0) is 12.8 Å². The number of carbonyl (C=O) groups is 2. The first-order chi connectivity index (χ1) is 15.6. The van der Waals surface area contributed by atoms with Gasteiger partial charge >= 0.3 is 0 Å². The average molecular weight is 432 g/mol. The lowest BCUT2D eigenvalue weighted by Crippen LogP contribution is -2.25. The van der Waals surface area contributed by atoms with Crippen LogP contribution in [0.1, 0.15) is 64.6 Å². The van der Waals surface area contributed by atoms with Gasteiger partial charge in [-0.3, -0.25) is 9.59 Å². The van der Waals surface area contributed by atoms with Gasteiger partial charge in [-0.2, -0.15) is 0 Å². The van der Waals surface area contributed by atoms with E-state index in [9.17, 15) is 9.59 Å². The second kappa shape index (κ2) is 10.2. The van der Waals surface area contributed by atoms with E-state index < -0.39 is 0 Å². The van der Waals surface area contributed by atoms with Crippen LogP contribution in [-0.4, -0.2) is 39.4 Å². The van der Waals surface area contributed by atoms with E-state index in [0.29, 0.717) is 17.8 Å². The Balaban J connectivity index is 1.50. The van der Waals surface area contributed by atoms with Crippen molar-refractivity contribution in [2.45, 2.75) is 51.5 Å². The van der Waals surface area contributed by atoms with Crippen LogP contribution < -0.4 is 10.6 Å². The fourth-order valence-corrected chi connectivity index (χ4v) is 3.67. The Morgan fingerprint density at radius 1 is 1.03 bits per heavy atom. The average Bonchev–Trinajstić information content (AvgIpc) is 3.49. The molecule has 0 saturated heterocycles. The SMILES string of the molecule is CCNC(=O)c1ccc(-n2cc(C(=O)NC3CC3)nn2)c(CCCCc2ccccc2)c1. The monoisotopic (exact) mass is 431 g/mol. The third kappa shape index (κ3) is 5.60. The Morgan fingerprint density at radius 3 is 2.56 bits per heavy atom. The van der Waals surface area contributed by atoms with Crippen molar-refractivity contribution in [3.8, 4) is 5.69 Å². The molecule has 7 heteroatoms. The highest BCUT2D eigenvalue weighted by molar-refractivity contribution is 5.94. The lowest BCUT2D eigenvalue weighted by atomic mass is 10.0. The van der Waals surface area contributed by atoms with E-state index in [1.54, 1.807) is 16.9 Å². The van der Waals surface area contributed by atoms with Gasteiger partial charge in [-0.25, -0.2) is 4.68 Å². The van der Waals surface area contributed by atoms with Gasteiger partial charge in [-0.05, 0) is 74.8 Å². The second-order valence-electron chi connectivity index (χ2n) is 8.19. The van der Waals surface area contributed by atoms with Crippen molar-refractivity contribution in [2.24, 2.45) is 0 Å². The van der Waals surface area contributed by atoms with Crippen LogP contribution in [0.25, 0.3) is 5.69 Å². The van der Waals surface area contributed by atoms with Crippen LogP contribution >= 0.6 is 0 Å². The first-order valence-corrected chi connectivity index (χ1v) is 11.3. The zero-order chi connectivity index (χ0) is 22.3. The highest BCUT2D eigenvalue weighted by Gasteiger charge is 2.25. The smallest absolute Gasteiger partial charge is 0.273 e. The molecule has 0 aliphatic heterocycles. The van der Waals surface area contributed by atoms with Crippen molar-refractivity contribution in [2.75, 3.05) is 6.54 Å². The summed E-state index contributed by atoms with van der Waals surface area (Å²) < 4.78 is 1.63. The van der Waals surface area contributed by atoms with E-state index in [1.165, 1.54) is 5.56 Å². The minimum absolute atomic E-state index is 0.0901. The van der Waals surface area contributed by atoms with Gasteiger partial charge in [0, 0.05) is 18.2 Å². The lowest BCUT2D eigenvalue weighted by Gasteiger charge is -2.12. The Labute approximate surface area is 188 Å². The van der Waals surface area contributed by atoms with E-state index in [1.807, 2.05) is 25.1 Å². The summed E-state index contributed by atoms with van der Waals surface area (Å²) in [7, 11) is 0. The fourth-order valence-electron chi connectivity index (χ4n) is 3.67. The number of aryl methyl sites for hydroxylation is 2. The molecular weight excluding hydrogens is 402 g/mol. The van der Waals surface area contributed by atoms with E-state index in [0.717, 1.165) is 49.8 Å². The molecule has 2 aromatic carbocycles. The molecule has 1 aliphatic carbocycles. The molecule has 3 aromatic rings. The number of nitrogens with zero attached hydrogens (tertiary/aromatic N) is 3. The van der Waals surface area contributed by atoms with Crippen LogP contribution in [0.15, 0.2) is 54.7 Å². The van der Waals surface area contributed by atoms with Gasteiger partial charge in [-0.1, -0.05) is 35.5 Å². The molecular formula is C25H29N5O2. The highest BCUT2D eigenvalue weighted by atomic mass is 16.2. The number of hydrogen-bond acceptors (Lipinski definition) is 4. The molecule has 1 fully saturated rings. The summed E-state index contributed by atoms with van der Waals surface area (Å²) in [6, 6.07) is 16.3. The number of aromatic nitrogens is 3. The lowest BCUT2D eigenvalue weighted by molar-refractivity contribution is 0.0941. The van der Waals surface area contributed by atoms with Crippen molar-refractivity contribution in [3.63, 3.8) is 0 Å². The number of nitrogens with one attached hydrogen (secondary N) is 2. The van der Waals surface area contributed by atoms with Gasteiger partial charge in [0.2, 0.25) is 0 Å².